The van der Waals surface area contributed by atoms with Crippen molar-refractivity contribution in [3.05, 3.63) is 29.8 Å². The lowest BCUT2D eigenvalue weighted by Gasteiger charge is -2.19. The Balaban J connectivity index is 3.06. The van der Waals surface area contributed by atoms with Gasteiger partial charge in [-0.15, -0.1) is 0 Å². The van der Waals surface area contributed by atoms with Gasteiger partial charge in [0.2, 0.25) is 15.9 Å². The SMILES string of the molecule is CC(C)C(NS(=O)(=O)c1cccc(CN)c1)C(N)=O. The summed E-state index contributed by atoms with van der Waals surface area (Å²) in [7, 11) is -3.79. The molecule has 19 heavy (non-hydrogen) atoms. The number of amides is 1. The molecule has 1 aromatic carbocycles. The van der Waals surface area contributed by atoms with E-state index in [0.29, 0.717) is 5.56 Å². The molecule has 1 aromatic rings. The number of nitrogens with two attached hydrogens (primary N) is 2. The van der Waals surface area contributed by atoms with Crippen molar-refractivity contribution in [2.24, 2.45) is 17.4 Å². The quantitative estimate of drug-likeness (QED) is 0.678. The van der Waals surface area contributed by atoms with E-state index in [1.54, 1.807) is 26.0 Å². The molecule has 0 radical (unpaired) electrons. The van der Waals surface area contributed by atoms with Crippen molar-refractivity contribution in [3.63, 3.8) is 0 Å². The minimum atomic E-state index is -3.79. The van der Waals surface area contributed by atoms with E-state index in [2.05, 4.69) is 4.72 Å². The second-order valence-electron chi connectivity index (χ2n) is 4.60. The van der Waals surface area contributed by atoms with E-state index in [1.807, 2.05) is 0 Å². The Labute approximate surface area is 113 Å². The third-order valence-corrected chi connectivity index (χ3v) is 4.14. The van der Waals surface area contributed by atoms with Crippen molar-refractivity contribution in [2.45, 2.75) is 31.3 Å². The molecule has 0 fully saturated rings. The minimum Gasteiger partial charge on any atom is -0.368 e. The van der Waals surface area contributed by atoms with E-state index in [-0.39, 0.29) is 17.4 Å². The molecular weight excluding hydrogens is 266 g/mol. The van der Waals surface area contributed by atoms with Gasteiger partial charge < -0.3 is 11.5 Å². The van der Waals surface area contributed by atoms with Crippen LogP contribution in [0, 0.1) is 5.92 Å². The summed E-state index contributed by atoms with van der Waals surface area (Å²) >= 11 is 0. The lowest BCUT2D eigenvalue weighted by molar-refractivity contribution is -0.120. The maximum atomic E-state index is 12.2. The lowest BCUT2D eigenvalue weighted by atomic mass is 10.1. The van der Waals surface area contributed by atoms with Gasteiger partial charge in [0.1, 0.15) is 6.04 Å². The Morgan fingerprint density at radius 3 is 2.47 bits per heavy atom. The molecule has 7 heteroatoms. The maximum absolute atomic E-state index is 12.2. The number of carbonyl (C=O) groups excluding carboxylic acids is 1. The summed E-state index contributed by atoms with van der Waals surface area (Å²) in [5.74, 6) is -0.932. The Kier molecular flexibility index (Phi) is 5.04. The van der Waals surface area contributed by atoms with Gasteiger partial charge in [-0.25, -0.2) is 8.42 Å². The largest absolute Gasteiger partial charge is 0.368 e. The Morgan fingerprint density at radius 1 is 1.37 bits per heavy atom. The van der Waals surface area contributed by atoms with E-state index in [4.69, 9.17) is 11.5 Å². The summed E-state index contributed by atoms with van der Waals surface area (Å²) in [4.78, 5) is 11.3. The first-order valence-electron chi connectivity index (χ1n) is 5.88. The van der Waals surface area contributed by atoms with Gasteiger partial charge in [0.15, 0.2) is 0 Å². The van der Waals surface area contributed by atoms with Gasteiger partial charge in [0.25, 0.3) is 0 Å². The van der Waals surface area contributed by atoms with Crippen LogP contribution in [-0.4, -0.2) is 20.4 Å². The maximum Gasteiger partial charge on any atom is 0.241 e. The summed E-state index contributed by atoms with van der Waals surface area (Å²) in [5.41, 5.74) is 11.4. The Bertz CT molecular complexity index is 555. The van der Waals surface area contributed by atoms with Crippen LogP contribution < -0.4 is 16.2 Å². The summed E-state index contributed by atoms with van der Waals surface area (Å²) in [6.07, 6.45) is 0. The zero-order chi connectivity index (χ0) is 14.6. The third kappa shape index (κ3) is 4.02. The number of benzene rings is 1. The standard InChI is InChI=1S/C12H19N3O3S/c1-8(2)11(12(14)16)15-19(17,18)10-5-3-4-9(6-10)7-13/h3-6,8,11,15H,7,13H2,1-2H3,(H2,14,16). The van der Waals surface area contributed by atoms with E-state index in [0.717, 1.165) is 0 Å². The lowest BCUT2D eigenvalue weighted by Crippen LogP contribution is -2.47. The second kappa shape index (κ2) is 6.14. The molecule has 106 valence electrons. The molecule has 1 rings (SSSR count). The zero-order valence-corrected chi connectivity index (χ0v) is 11.8. The van der Waals surface area contributed by atoms with Crippen molar-refractivity contribution >= 4 is 15.9 Å². The summed E-state index contributed by atoms with van der Waals surface area (Å²) in [6.45, 7) is 3.68. The Morgan fingerprint density at radius 2 is 2.00 bits per heavy atom. The molecule has 1 amide bonds. The molecule has 0 spiro atoms. The molecule has 0 aromatic heterocycles. The van der Waals surface area contributed by atoms with Gasteiger partial charge in [-0.05, 0) is 23.6 Å². The average molecular weight is 285 g/mol. The molecular formula is C12H19N3O3S. The van der Waals surface area contributed by atoms with Gasteiger partial charge in [0, 0.05) is 6.54 Å². The molecule has 5 N–H and O–H groups in total. The van der Waals surface area contributed by atoms with Crippen molar-refractivity contribution in [1.29, 1.82) is 0 Å². The van der Waals surface area contributed by atoms with Gasteiger partial charge in [-0.1, -0.05) is 26.0 Å². The van der Waals surface area contributed by atoms with Crippen LogP contribution >= 0.6 is 0 Å². The fraction of sp³-hybridized carbons (Fsp3) is 0.417. The van der Waals surface area contributed by atoms with Gasteiger partial charge in [-0.2, -0.15) is 4.72 Å². The van der Waals surface area contributed by atoms with Gasteiger partial charge >= 0.3 is 0 Å². The van der Waals surface area contributed by atoms with E-state index >= 15 is 0 Å². The number of primary amides is 1. The van der Waals surface area contributed by atoms with E-state index in [1.165, 1.54) is 12.1 Å². The molecule has 0 aliphatic rings. The smallest absolute Gasteiger partial charge is 0.241 e. The predicted molar refractivity (Wildman–Crippen MR) is 72.5 cm³/mol. The van der Waals surface area contributed by atoms with Crippen molar-refractivity contribution in [3.8, 4) is 0 Å². The molecule has 0 saturated carbocycles. The first-order chi connectivity index (χ1) is 8.77. The molecule has 0 aliphatic heterocycles. The number of rotatable bonds is 6. The number of carbonyl (C=O) groups is 1. The molecule has 1 atom stereocenters. The van der Waals surface area contributed by atoms with E-state index < -0.39 is 22.0 Å². The fourth-order valence-electron chi connectivity index (χ4n) is 1.60. The molecule has 0 heterocycles. The molecule has 6 nitrogen and oxygen atoms in total. The molecule has 0 saturated heterocycles. The van der Waals surface area contributed by atoms with Crippen LogP contribution in [0.1, 0.15) is 19.4 Å². The third-order valence-electron chi connectivity index (χ3n) is 2.70. The van der Waals surface area contributed by atoms with Gasteiger partial charge in [0.05, 0.1) is 4.90 Å². The first-order valence-corrected chi connectivity index (χ1v) is 7.37. The average Bonchev–Trinajstić information content (AvgIpc) is 2.35. The number of sulfonamides is 1. The molecule has 1 unspecified atom stereocenters. The summed E-state index contributed by atoms with van der Waals surface area (Å²) < 4.78 is 26.6. The van der Waals surface area contributed by atoms with Crippen molar-refractivity contribution in [1.82, 2.24) is 4.72 Å². The highest BCUT2D eigenvalue weighted by molar-refractivity contribution is 7.89. The minimum absolute atomic E-state index is 0.0716. The van der Waals surface area contributed by atoms with E-state index in [9.17, 15) is 13.2 Å². The molecule has 0 bridgehead atoms. The van der Waals surface area contributed by atoms with Crippen molar-refractivity contribution in [2.75, 3.05) is 0 Å². The van der Waals surface area contributed by atoms with Crippen LogP contribution in [-0.2, 0) is 21.4 Å². The fourth-order valence-corrected chi connectivity index (χ4v) is 3.02. The highest BCUT2D eigenvalue weighted by Crippen LogP contribution is 2.13. The topological polar surface area (TPSA) is 115 Å². The molecule has 0 aliphatic carbocycles. The monoisotopic (exact) mass is 285 g/mol. The number of hydrogen-bond acceptors (Lipinski definition) is 4. The second-order valence-corrected chi connectivity index (χ2v) is 6.31. The first kappa shape index (κ1) is 15.6. The van der Waals surface area contributed by atoms with Crippen LogP contribution in [0.5, 0.6) is 0 Å². The van der Waals surface area contributed by atoms with Gasteiger partial charge in [-0.3, -0.25) is 4.79 Å². The number of nitrogens with one attached hydrogen (secondary N) is 1. The predicted octanol–water partition coefficient (Wildman–Crippen LogP) is -0.0665. The highest BCUT2D eigenvalue weighted by Gasteiger charge is 2.26. The zero-order valence-electron chi connectivity index (χ0n) is 11.0. The van der Waals surface area contributed by atoms with Crippen molar-refractivity contribution < 1.29 is 13.2 Å². The normalized spacial score (nSPS) is 13.5. The summed E-state index contributed by atoms with van der Waals surface area (Å²) in [6, 6.07) is 5.31. The summed E-state index contributed by atoms with van der Waals surface area (Å²) in [5, 5.41) is 0. The highest BCUT2D eigenvalue weighted by atomic mass is 32.2. The van der Waals surface area contributed by atoms with Crippen LogP contribution in [0.4, 0.5) is 0 Å². The van der Waals surface area contributed by atoms with Crippen LogP contribution in [0.15, 0.2) is 29.2 Å². The van der Waals surface area contributed by atoms with Crippen LogP contribution in [0.3, 0.4) is 0 Å². The van der Waals surface area contributed by atoms with Crippen LogP contribution in [0.25, 0.3) is 0 Å². The number of hydrogen-bond donors (Lipinski definition) is 3. The Hall–Kier alpha value is -1.44. The van der Waals surface area contributed by atoms with Crippen LogP contribution in [0.2, 0.25) is 0 Å².